The third-order valence-electron chi connectivity index (χ3n) is 5.35. The zero-order valence-corrected chi connectivity index (χ0v) is 20.2. The molecule has 0 saturated heterocycles. The van der Waals surface area contributed by atoms with Gasteiger partial charge in [-0.1, -0.05) is 29.8 Å². The van der Waals surface area contributed by atoms with Crippen molar-refractivity contribution < 1.29 is 23.1 Å². The second-order valence-electron chi connectivity index (χ2n) is 7.94. The van der Waals surface area contributed by atoms with Crippen molar-refractivity contribution in [3.05, 3.63) is 76.9 Å². The zero-order chi connectivity index (χ0) is 24.3. The number of benzene rings is 3. The normalized spacial score (nSPS) is 11.2. The molecule has 3 aromatic rings. The molecule has 0 aliphatic heterocycles. The maximum atomic E-state index is 13.8. The zero-order valence-electron chi connectivity index (χ0n) is 19.3. The Balaban J connectivity index is 2.12. The quantitative estimate of drug-likeness (QED) is 0.486. The first-order valence-corrected chi connectivity index (χ1v) is 11.8. The minimum absolute atomic E-state index is 0.125. The van der Waals surface area contributed by atoms with Gasteiger partial charge in [-0.25, -0.2) is 8.42 Å². The van der Waals surface area contributed by atoms with Gasteiger partial charge in [-0.3, -0.25) is 9.10 Å². The number of hydrogen-bond acceptors (Lipinski definition) is 5. The molecule has 0 aliphatic carbocycles. The Hall–Kier alpha value is -3.52. The monoisotopic (exact) mass is 468 g/mol. The van der Waals surface area contributed by atoms with E-state index in [0.717, 1.165) is 15.6 Å². The fourth-order valence-electron chi connectivity index (χ4n) is 3.99. The average molecular weight is 469 g/mol. The minimum Gasteiger partial charge on any atom is -0.497 e. The van der Waals surface area contributed by atoms with E-state index < -0.39 is 22.5 Å². The lowest BCUT2D eigenvalue weighted by atomic mass is 10.1. The summed E-state index contributed by atoms with van der Waals surface area (Å²) in [7, 11) is -2.57. The van der Waals surface area contributed by atoms with Crippen LogP contribution in [0.25, 0.3) is 0 Å². The van der Waals surface area contributed by atoms with E-state index in [-0.39, 0.29) is 4.90 Å². The summed E-state index contributed by atoms with van der Waals surface area (Å²) in [4.78, 5) is 11.8. The van der Waals surface area contributed by atoms with E-state index in [9.17, 15) is 18.3 Å². The molecule has 0 atom stereocenters. The molecule has 0 bridgehead atoms. The van der Waals surface area contributed by atoms with Gasteiger partial charge in [0, 0.05) is 17.4 Å². The molecule has 0 aromatic heterocycles. The van der Waals surface area contributed by atoms with Crippen molar-refractivity contribution in [3.63, 3.8) is 0 Å². The summed E-state index contributed by atoms with van der Waals surface area (Å²) >= 11 is 0. The summed E-state index contributed by atoms with van der Waals surface area (Å²) in [6.45, 7) is 6.40. The predicted octanol–water partition coefficient (Wildman–Crippen LogP) is 4.95. The van der Waals surface area contributed by atoms with Crippen LogP contribution in [0.4, 0.5) is 17.1 Å². The van der Waals surface area contributed by atoms with Gasteiger partial charge in [0.25, 0.3) is 10.0 Å². The van der Waals surface area contributed by atoms with Crippen LogP contribution in [-0.2, 0) is 14.8 Å². The number of nitrogens with zero attached hydrogens (tertiary/aromatic N) is 1. The third-order valence-corrected chi connectivity index (χ3v) is 7.42. The number of nitrogens with one attached hydrogen (secondary N) is 1. The van der Waals surface area contributed by atoms with Crippen molar-refractivity contribution in [1.29, 1.82) is 0 Å². The topological polar surface area (TPSA) is 95.9 Å². The summed E-state index contributed by atoms with van der Waals surface area (Å²) < 4.78 is 33.7. The fraction of sp³-hybridized carbons (Fsp3) is 0.240. The number of sulfonamides is 1. The van der Waals surface area contributed by atoms with Crippen LogP contribution < -0.4 is 14.4 Å². The number of aliphatic carboxylic acids is 1. The molecule has 0 aliphatic rings. The molecule has 7 nitrogen and oxygen atoms in total. The third kappa shape index (κ3) is 5.12. The number of hydrogen-bond donors (Lipinski definition) is 2. The Morgan fingerprint density at radius 1 is 1.00 bits per heavy atom. The molecular weight excluding hydrogens is 440 g/mol. The molecular formula is C25H28N2O5S. The standard InChI is InChI=1S/C25H28N2O5S/c1-16-12-17(2)25(18(3)13-16)33(30,31)27(15-24(28)29)23-11-7-10-22(19(23)4)26-20-8-6-9-21(14-20)32-5/h6-14,26H,15H2,1-5H3,(H,28,29). The highest BCUT2D eigenvalue weighted by atomic mass is 32.2. The first-order chi connectivity index (χ1) is 15.5. The van der Waals surface area contributed by atoms with Gasteiger partial charge in [0.15, 0.2) is 0 Å². The van der Waals surface area contributed by atoms with Crippen molar-refractivity contribution in [2.75, 3.05) is 23.3 Å². The molecule has 0 fully saturated rings. The molecule has 0 saturated carbocycles. The molecule has 8 heteroatoms. The Morgan fingerprint density at radius 3 is 2.24 bits per heavy atom. The van der Waals surface area contributed by atoms with Gasteiger partial charge >= 0.3 is 5.97 Å². The highest BCUT2D eigenvalue weighted by Gasteiger charge is 2.31. The number of anilines is 3. The highest BCUT2D eigenvalue weighted by molar-refractivity contribution is 7.93. The smallest absolute Gasteiger partial charge is 0.324 e. The number of ether oxygens (including phenoxy) is 1. The molecule has 3 rings (SSSR count). The minimum atomic E-state index is -4.15. The van der Waals surface area contributed by atoms with Gasteiger partial charge in [0.05, 0.1) is 17.7 Å². The Bertz CT molecular complexity index is 1280. The van der Waals surface area contributed by atoms with Gasteiger partial charge in [-0.15, -0.1) is 0 Å². The van der Waals surface area contributed by atoms with Crippen molar-refractivity contribution in [2.24, 2.45) is 0 Å². The van der Waals surface area contributed by atoms with Gasteiger partial charge in [-0.05, 0) is 68.7 Å². The molecule has 0 unspecified atom stereocenters. The molecule has 3 aromatic carbocycles. The van der Waals surface area contributed by atoms with E-state index in [4.69, 9.17) is 4.74 Å². The summed E-state index contributed by atoms with van der Waals surface area (Å²) in [5.41, 5.74) is 4.40. The number of carboxylic acid groups (broad SMARTS) is 1. The first-order valence-electron chi connectivity index (χ1n) is 10.4. The van der Waals surface area contributed by atoms with Crippen LogP contribution in [0, 0.1) is 27.7 Å². The van der Waals surface area contributed by atoms with Crippen molar-refractivity contribution in [1.82, 2.24) is 0 Å². The van der Waals surface area contributed by atoms with Crippen LogP contribution in [-0.4, -0.2) is 33.1 Å². The number of aryl methyl sites for hydroxylation is 3. The van der Waals surface area contributed by atoms with Crippen LogP contribution in [0.1, 0.15) is 22.3 Å². The average Bonchev–Trinajstić information content (AvgIpc) is 2.73. The van der Waals surface area contributed by atoms with Crippen molar-refractivity contribution >= 4 is 33.1 Å². The summed E-state index contributed by atoms with van der Waals surface area (Å²) in [5.74, 6) is -0.569. The van der Waals surface area contributed by atoms with Gasteiger partial charge in [0.2, 0.25) is 0 Å². The molecule has 0 amide bonds. The number of rotatable bonds is 8. The van der Waals surface area contributed by atoms with E-state index in [2.05, 4.69) is 5.32 Å². The van der Waals surface area contributed by atoms with Crippen LogP contribution in [0.3, 0.4) is 0 Å². The highest BCUT2D eigenvalue weighted by Crippen LogP contribution is 2.34. The number of carboxylic acids is 1. The maximum absolute atomic E-state index is 13.8. The van der Waals surface area contributed by atoms with Crippen LogP contribution in [0.15, 0.2) is 59.5 Å². The lowest BCUT2D eigenvalue weighted by molar-refractivity contribution is -0.135. The Labute approximate surface area is 194 Å². The van der Waals surface area contributed by atoms with Crippen LogP contribution >= 0.6 is 0 Å². The Kier molecular flexibility index (Phi) is 6.98. The van der Waals surface area contributed by atoms with Crippen LogP contribution in [0.5, 0.6) is 5.75 Å². The SMILES string of the molecule is COc1cccc(Nc2cccc(N(CC(=O)O)S(=O)(=O)c3c(C)cc(C)cc3C)c2C)c1. The second-order valence-corrected chi connectivity index (χ2v) is 9.74. The summed E-state index contributed by atoms with van der Waals surface area (Å²) in [6.07, 6.45) is 0. The number of methoxy groups -OCH3 is 1. The molecule has 174 valence electrons. The molecule has 33 heavy (non-hydrogen) atoms. The Morgan fingerprint density at radius 2 is 1.64 bits per heavy atom. The van der Waals surface area contributed by atoms with Gasteiger partial charge in [-0.2, -0.15) is 0 Å². The largest absolute Gasteiger partial charge is 0.497 e. The molecule has 0 heterocycles. The summed E-state index contributed by atoms with van der Waals surface area (Å²) in [6, 6.07) is 16.0. The second kappa shape index (κ2) is 9.54. The van der Waals surface area contributed by atoms with Crippen LogP contribution in [0.2, 0.25) is 0 Å². The maximum Gasteiger partial charge on any atom is 0.324 e. The summed E-state index contributed by atoms with van der Waals surface area (Å²) in [5, 5.41) is 12.8. The van der Waals surface area contributed by atoms with E-state index >= 15 is 0 Å². The lowest BCUT2D eigenvalue weighted by Gasteiger charge is -2.27. The van der Waals surface area contributed by atoms with Gasteiger partial charge in [0.1, 0.15) is 12.3 Å². The van der Waals surface area contributed by atoms with E-state index in [1.165, 1.54) is 0 Å². The van der Waals surface area contributed by atoms with Crippen molar-refractivity contribution in [2.45, 2.75) is 32.6 Å². The van der Waals surface area contributed by atoms with Crippen molar-refractivity contribution in [3.8, 4) is 5.75 Å². The lowest BCUT2D eigenvalue weighted by Crippen LogP contribution is -2.37. The van der Waals surface area contributed by atoms with E-state index in [0.29, 0.717) is 33.8 Å². The molecule has 0 spiro atoms. The van der Waals surface area contributed by atoms with Gasteiger partial charge < -0.3 is 15.2 Å². The molecule has 2 N–H and O–H groups in total. The van der Waals surface area contributed by atoms with E-state index in [1.807, 2.05) is 37.3 Å². The first kappa shape index (κ1) is 24.1. The molecule has 0 radical (unpaired) electrons. The van der Waals surface area contributed by atoms with E-state index in [1.54, 1.807) is 52.1 Å². The number of carbonyl (C=O) groups is 1. The predicted molar refractivity (Wildman–Crippen MR) is 130 cm³/mol. The fourth-order valence-corrected chi connectivity index (χ4v) is 5.88.